The lowest BCUT2D eigenvalue weighted by atomic mass is 9.47. The zero-order valence-corrected chi connectivity index (χ0v) is 20.8. The Hall–Kier alpha value is -0.570. The zero-order valence-electron chi connectivity index (χ0n) is 20.8. The highest BCUT2D eigenvalue weighted by molar-refractivity contribution is 5.90. The summed E-state index contributed by atoms with van der Waals surface area (Å²) in [4.78, 5) is 5.27. The fourth-order valence-electron chi connectivity index (χ4n) is 8.34. The topological polar surface area (TPSA) is 41.8 Å². The molecular formula is C27H49NO2. The first-order valence-corrected chi connectivity index (χ1v) is 13.0. The molecule has 3 nitrogen and oxygen atoms in total. The van der Waals surface area contributed by atoms with Crippen LogP contribution in [0.2, 0.25) is 0 Å². The van der Waals surface area contributed by atoms with E-state index in [0.29, 0.717) is 11.3 Å². The number of rotatable bonds is 9. The molecule has 3 rings (SSSR count). The lowest BCUT2D eigenvalue weighted by molar-refractivity contribution is -0.0461. The van der Waals surface area contributed by atoms with Crippen LogP contribution in [-0.4, -0.2) is 24.5 Å². The molecule has 3 saturated carbocycles. The maximum atomic E-state index is 9.54. The normalized spacial score (nSPS) is 41.0. The Morgan fingerprint density at radius 2 is 1.80 bits per heavy atom. The van der Waals surface area contributed by atoms with Crippen LogP contribution in [0.3, 0.4) is 0 Å². The molecule has 0 unspecified atom stereocenters. The van der Waals surface area contributed by atoms with Gasteiger partial charge in [0.2, 0.25) is 0 Å². The minimum atomic E-state index is 0.101. The molecule has 0 aromatic carbocycles. The van der Waals surface area contributed by atoms with Crippen molar-refractivity contribution in [2.45, 2.75) is 105 Å². The standard InChI is InChI=1S/C27H49NO2/c1-19(2)9-7-10-20(3)22-12-13-23-21-11-14-25(28-30-6)27(5,16-8-18-29)24(21)15-17-26(22,23)4/h19-24,29H,7-18H2,1-6H3/b28-25-/t20-,21+,22-,23+,24+,26-,27-/m1/s1. The van der Waals surface area contributed by atoms with Gasteiger partial charge in [-0.15, -0.1) is 0 Å². The molecule has 0 heterocycles. The molecule has 0 bridgehead atoms. The molecule has 0 radical (unpaired) electrons. The molecule has 30 heavy (non-hydrogen) atoms. The Bertz CT molecular complexity index is 587. The van der Waals surface area contributed by atoms with Gasteiger partial charge in [0.1, 0.15) is 7.11 Å². The Balaban J connectivity index is 1.76. The van der Waals surface area contributed by atoms with E-state index in [9.17, 15) is 5.11 Å². The maximum Gasteiger partial charge on any atom is 0.106 e. The molecule has 174 valence electrons. The van der Waals surface area contributed by atoms with Crippen molar-refractivity contribution in [2.24, 2.45) is 51.5 Å². The molecule has 0 aliphatic heterocycles. The molecule has 0 aromatic rings. The summed E-state index contributed by atoms with van der Waals surface area (Å²) in [6.45, 7) is 12.6. The molecule has 7 atom stereocenters. The van der Waals surface area contributed by atoms with Gasteiger partial charge in [0.05, 0.1) is 5.71 Å². The van der Waals surface area contributed by atoms with E-state index in [1.54, 1.807) is 7.11 Å². The second-order valence-corrected chi connectivity index (χ2v) is 11.9. The summed E-state index contributed by atoms with van der Waals surface area (Å²) >= 11 is 0. The highest BCUT2D eigenvalue weighted by atomic mass is 16.6. The van der Waals surface area contributed by atoms with Gasteiger partial charge in [0.25, 0.3) is 0 Å². The van der Waals surface area contributed by atoms with Crippen LogP contribution in [0.15, 0.2) is 5.16 Å². The predicted octanol–water partition coefficient (Wildman–Crippen LogP) is 7.08. The van der Waals surface area contributed by atoms with Crippen molar-refractivity contribution >= 4 is 5.71 Å². The zero-order chi connectivity index (χ0) is 21.9. The van der Waals surface area contributed by atoms with E-state index in [0.717, 1.165) is 48.9 Å². The van der Waals surface area contributed by atoms with Crippen molar-refractivity contribution in [3.8, 4) is 0 Å². The lowest BCUT2D eigenvalue weighted by Gasteiger charge is -2.57. The van der Waals surface area contributed by atoms with E-state index in [4.69, 9.17) is 4.84 Å². The molecular weight excluding hydrogens is 370 g/mol. The van der Waals surface area contributed by atoms with Gasteiger partial charge in [0.15, 0.2) is 0 Å². The van der Waals surface area contributed by atoms with E-state index in [1.807, 2.05) is 0 Å². The summed E-state index contributed by atoms with van der Waals surface area (Å²) in [7, 11) is 1.69. The van der Waals surface area contributed by atoms with Crippen LogP contribution < -0.4 is 0 Å². The van der Waals surface area contributed by atoms with Crippen molar-refractivity contribution in [1.82, 2.24) is 0 Å². The Morgan fingerprint density at radius 3 is 2.47 bits per heavy atom. The molecule has 0 spiro atoms. The number of aliphatic hydroxyl groups is 1. The first-order chi connectivity index (χ1) is 14.3. The second-order valence-electron chi connectivity index (χ2n) is 11.9. The third kappa shape index (κ3) is 4.48. The van der Waals surface area contributed by atoms with E-state index in [1.165, 1.54) is 57.1 Å². The van der Waals surface area contributed by atoms with Gasteiger partial charge in [-0.2, -0.15) is 0 Å². The van der Waals surface area contributed by atoms with Crippen LogP contribution in [0.25, 0.3) is 0 Å². The SMILES string of the molecule is CO/N=C1/CC[C@H]2[C@@H]3CC[C@H]([C@H](C)CCCC(C)C)[C@@]3(C)CC[C@@H]2[C@@]1(C)CCCO. The lowest BCUT2D eigenvalue weighted by Crippen LogP contribution is -2.52. The van der Waals surface area contributed by atoms with Crippen LogP contribution in [0.5, 0.6) is 0 Å². The molecule has 1 N–H and O–H groups in total. The van der Waals surface area contributed by atoms with Crippen molar-refractivity contribution < 1.29 is 9.94 Å². The Kier molecular flexibility index (Phi) is 7.96. The summed E-state index contributed by atoms with van der Waals surface area (Å²) in [5.41, 5.74) is 1.90. The number of nitrogens with zero attached hydrogens (tertiary/aromatic N) is 1. The smallest absolute Gasteiger partial charge is 0.106 e. The minimum Gasteiger partial charge on any atom is -0.399 e. The van der Waals surface area contributed by atoms with E-state index >= 15 is 0 Å². The van der Waals surface area contributed by atoms with Crippen LogP contribution >= 0.6 is 0 Å². The molecule has 3 aliphatic rings. The Labute approximate surface area is 186 Å². The molecule has 0 aromatic heterocycles. The van der Waals surface area contributed by atoms with Crippen molar-refractivity contribution in [2.75, 3.05) is 13.7 Å². The van der Waals surface area contributed by atoms with Gasteiger partial charge in [-0.1, -0.05) is 59.0 Å². The molecule has 0 saturated heterocycles. The maximum absolute atomic E-state index is 9.54. The number of fused-ring (bicyclic) bond motifs is 3. The van der Waals surface area contributed by atoms with Gasteiger partial charge in [0, 0.05) is 12.0 Å². The van der Waals surface area contributed by atoms with Crippen LogP contribution in [0.1, 0.15) is 105 Å². The molecule has 3 aliphatic carbocycles. The number of hydrogen-bond acceptors (Lipinski definition) is 3. The Morgan fingerprint density at radius 1 is 1.03 bits per heavy atom. The largest absolute Gasteiger partial charge is 0.399 e. The molecule has 3 fully saturated rings. The van der Waals surface area contributed by atoms with Crippen LogP contribution in [0.4, 0.5) is 0 Å². The monoisotopic (exact) mass is 419 g/mol. The summed E-state index contributed by atoms with van der Waals surface area (Å²) in [6, 6.07) is 0. The van der Waals surface area contributed by atoms with E-state index < -0.39 is 0 Å². The van der Waals surface area contributed by atoms with Crippen molar-refractivity contribution in [3.05, 3.63) is 0 Å². The van der Waals surface area contributed by atoms with Crippen LogP contribution in [0, 0.1) is 46.3 Å². The van der Waals surface area contributed by atoms with Crippen LogP contribution in [-0.2, 0) is 4.84 Å². The number of oxime groups is 1. The molecule has 3 heteroatoms. The minimum absolute atomic E-state index is 0.101. The molecule has 0 amide bonds. The average molecular weight is 420 g/mol. The van der Waals surface area contributed by atoms with Gasteiger partial charge in [-0.3, -0.25) is 0 Å². The fourth-order valence-corrected chi connectivity index (χ4v) is 8.34. The summed E-state index contributed by atoms with van der Waals surface area (Å²) < 4.78 is 0. The van der Waals surface area contributed by atoms with E-state index in [-0.39, 0.29) is 12.0 Å². The van der Waals surface area contributed by atoms with E-state index in [2.05, 4.69) is 39.8 Å². The van der Waals surface area contributed by atoms with Gasteiger partial charge in [-0.05, 0) is 92.3 Å². The summed E-state index contributed by atoms with van der Waals surface area (Å²) in [5, 5.41) is 14.1. The fraction of sp³-hybridized carbons (Fsp3) is 0.963. The van der Waals surface area contributed by atoms with Gasteiger partial charge < -0.3 is 9.94 Å². The van der Waals surface area contributed by atoms with Gasteiger partial charge >= 0.3 is 0 Å². The number of hydrogen-bond donors (Lipinski definition) is 1. The van der Waals surface area contributed by atoms with Crippen molar-refractivity contribution in [1.29, 1.82) is 0 Å². The highest BCUT2D eigenvalue weighted by Gasteiger charge is 2.59. The first-order valence-electron chi connectivity index (χ1n) is 13.0. The second kappa shape index (κ2) is 9.92. The number of aliphatic hydroxyl groups excluding tert-OH is 1. The third-order valence-corrected chi connectivity index (χ3v) is 9.89. The average Bonchev–Trinajstić information content (AvgIpc) is 3.06. The summed E-state index contributed by atoms with van der Waals surface area (Å²) in [5.74, 6) is 5.03. The quantitative estimate of drug-likeness (QED) is 0.406. The third-order valence-electron chi connectivity index (χ3n) is 9.89. The first kappa shape index (κ1) is 24.1. The summed E-state index contributed by atoms with van der Waals surface area (Å²) in [6.07, 6.45) is 14.1. The predicted molar refractivity (Wildman–Crippen MR) is 126 cm³/mol. The highest BCUT2D eigenvalue weighted by Crippen LogP contribution is 2.66. The van der Waals surface area contributed by atoms with Crippen molar-refractivity contribution in [3.63, 3.8) is 0 Å². The van der Waals surface area contributed by atoms with Gasteiger partial charge in [-0.25, -0.2) is 0 Å².